The largest absolute Gasteiger partial charge is 0.355 e. The van der Waals surface area contributed by atoms with E-state index in [1.807, 2.05) is 48.9 Å². The van der Waals surface area contributed by atoms with E-state index in [9.17, 15) is 9.59 Å². The zero-order valence-electron chi connectivity index (χ0n) is 11.8. The van der Waals surface area contributed by atoms with Crippen LogP contribution in [0.1, 0.15) is 12.5 Å². The molecule has 0 aliphatic rings. The predicted molar refractivity (Wildman–Crippen MR) is 78.4 cm³/mol. The van der Waals surface area contributed by atoms with E-state index >= 15 is 0 Å². The van der Waals surface area contributed by atoms with Gasteiger partial charge in [-0.05, 0) is 25.5 Å². The number of para-hydroxylation sites is 1. The molecule has 5 nitrogen and oxygen atoms in total. The number of fused-ring (bicyclic) bond motifs is 1. The van der Waals surface area contributed by atoms with Gasteiger partial charge < -0.3 is 15.2 Å². The summed E-state index contributed by atoms with van der Waals surface area (Å²) in [6.07, 6.45) is 1.95. The van der Waals surface area contributed by atoms with Crippen molar-refractivity contribution in [1.29, 1.82) is 0 Å². The summed E-state index contributed by atoms with van der Waals surface area (Å²) in [5, 5.41) is 6.40. The minimum atomic E-state index is -0.172. The average Bonchev–Trinajstić information content (AvgIpc) is 2.74. The third-order valence-corrected chi connectivity index (χ3v) is 3.12. The van der Waals surface area contributed by atoms with Crippen LogP contribution in [0.5, 0.6) is 0 Å². The van der Waals surface area contributed by atoms with Gasteiger partial charge in [-0.3, -0.25) is 9.59 Å². The van der Waals surface area contributed by atoms with Gasteiger partial charge >= 0.3 is 0 Å². The lowest BCUT2D eigenvalue weighted by Crippen LogP contribution is -2.38. The topological polar surface area (TPSA) is 63.1 Å². The van der Waals surface area contributed by atoms with Gasteiger partial charge in [0.1, 0.15) is 6.54 Å². The number of nitrogens with zero attached hydrogens (tertiary/aromatic N) is 1. The first-order valence-corrected chi connectivity index (χ1v) is 6.69. The highest BCUT2D eigenvalue weighted by molar-refractivity contribution is 5.87. The normalized spacial score (nSPS) is 10.5. The molecule has 106 valence electrons. The Balaban J connectivity index is 2.01. The molecule has 0 saturated carbocycles. The molecule has 0 unspecified atom stereocenters. The first kappa shape index (κ1) is 14.1. The van der Waals surface area contributed by atoms with Crippen LogP contribution < -0.4 is 10.6 Å². The second-order valence-corrected chi connectivity index (χ2v) is 4.69. The number of carbonyl (C=O) groups is 2. The maximum Gasteiger partial charge on any atom is 0.240 e. The Morgan fingerprint density at radius 1 is 1.15 bits per heavy atom. The third-order valence-electron chi connectivity index (χ3n) is 3.12. The van der Waals surface area contributed by atoms with E-state index in [1.54, 1.807) is 0 Å². The van der Waals surface area contributed by atoms with E-state index in [2.05, 4.69) is 10.6 Å². The molecule has 2 aromatic rings. The summed E-state index contributed by atoms with van der Waals surface area (Å²) < 4.78 is 1.90. The first-order valence-electron chi connectivity index (χ1n) is 6.69. The molecule has 0 aliphatic carbocycles. The molecule has 2 amide bonds. The molecule has 0 atom stereocenters. The van der Waals surface area contributed by atoms with Crippen molar-refractivity contribution < 1.29 is 9.59 Å². The van der Waals surface area contributed by atoms with E-state index in [0.29, 0.717) is 6.54 Å². The molecule has 0 aliphatic heterocycles. The van der Waals surface area contributed by atoms with Gasteiger partial charge in [0.25, 0.3) is 0 Å². The highest BCUT2D eigenvalue weighted by atomic mass is 16.2. The molecule has 2 rings (SSSR count). The number of hydrogen-bond acceptors (Lipinski definition) is 2. The Bertz CT molecular complexity index is 631. The molecular weight excluding hydrogens is 254 g/mol. The molecule has 0 fully saturated rings. The molecule has 0 saturated heterocycles. The molecule has 20 heavy (non-hydrogen) atoms. The van der Waals surface area contributed by atoms with Crippen molar-refractivity contribution >= 4 is 22.7 Å². The van der Waals surface area contributed by atoms with Crippen LogP contribution in [0.4, 0.5) is 0 Å². The van der Waals surface area contributed by atoms with Gasteiger partial charge in [-0.15, -0.1) is 0 Å². The van der Waals surface area contributed by atoms with Crippen LogP contribution >= 0.6 is 0 Å². The number of aromatic nitrogens is 1. The Kier molecular flexibility index (Phi) is 4.40. The lowest BCUT2D eigenvalue weighted by Gasteiger charge is -2.07. The van der Waals surface area contributed by atoms with Gasteiger partial charge in [0.05, 0.1) is 6.54 Å². The monoisotopic (exact) mass is 273 g/mol. The van der Waals surface area contributed by atoms with Crippen molar-refractivity contribution in [2.75, 3.05) is 13.1 Å². The van der Waals surface area contributed by atoms with Crippen molar-refractivity contribution in [3.63, 3.8) is 0 Å². The molecule has 2 N–H and O–H groups in total. The number of aryl methyl sites for hydroxylation is 1. The molecule has 0 bridgehead atoms. The van der Waals surface area contributed by atoms with Gasteiger partial charge in [0.15, 0.2) is 0 Å². The molecule has 0 radical (unpaired) electrons. The fourth-order valence-corrected chi connectivity index (χ4v) is 2.21. The van der Waals surface area contributed by atoms with Gasteiger partial charge in [-0.25, -0.2) is 0 Å². The summed E-state index contributed by atoms with van der Waals surface area (Å²) >= 11 is 0. The van der Waals surface area contributed by atoms with Crippen LogP contribution in [-0.4, -0.2) is 29.5 Å². The van der Waals surface area contributed by atoms with Gasteiger partial charge in [-0.2, -0.15) is 0 Å². The summed E-state index contributed by atoms with van der Waals surface area (Å²) in [5.74, 6) is -0.341. The summed E-state index contributed by atoms with van der Waals surface area (Å²) in [4.78, 5) is 23.1. The van der Waals surface area contributed by atoms with E-state index in [4.69, 9.17) is 0 Å². The predicted octanol–water partition coefficient (Wildman–Crippen LogP) is 1.20. The molecule has 0 spiro atoms. The van der Waals surface area contributed by atoms with Crippen molar-refractivity contribution in [1.82, 2.24) is 15.2 Å². The summed E-state index contributed by atoms with van der Waals surface area (Å²) in [7, 11) is 0. The van der Waals surface area contributed by atoms with Crippen LogP contribution in [0.3, 0.4) is 0 Å². The number of hydrogen-bond donors (Lipinski definition) is 2. The number of carbonyl (C=O) groups excluding carboxylic acids is 2. The quantitative estimate of drug-likeness (QED) is 0.860. The Labute approximate surface area is 118 Å². The average molecular weight is 273 g/mol. The van der Waals surface area contributed by atoms with Crippen LogP contribution in [0.25, 0.3) is 10.9 Å². The van der Waals surface area contributed by atoms with Gasteiger partial charge in [-0.1, -0.05) is 18.2 Å². The van der Waals surface area contributed by atoms with E-state index in [0.717, 1.165) is 16.5 Å². The number of likely N-dealkylation sites (N-methyl/N-ethyl adjacent to an activating group) is 1. The maximum absolute atomic E-state index is 11.9. The zero-order valence-corrected chi connectivity index (χ0v) is 11.8. The van der Waals surface area contributed by atoms with Crippen molar-refractivity contribution in [2.45, 2.75) is 20.4 Å². The Hall–Kier alpha value is -2.30. The second kappa shape index (κ2) is 6.23. The van der Waals surface area contributed by atoms with Crippen LogP contribution in [-0.2, 0) is 16.1 Å². The molecule has 1 heterocycles. The second-order valence-electron chi connectivity index (χ2n) is 4.69. The minimum Gasteiger partial charge on any atom is -0.355 e. The lowest BCUT2D eigenvalue weighted by atomic mass is 10.2. The van der Waals surface area contributed by atoms with Crippen molar-refractivity contribution in [3.05, 3.63) is 36.0 Å². The van der Waals surface area contributed by atoms with E-state index < -0.39 is 0 Å². The SMILES string of the molecule is CCNC(=O)CNC(=O)Cn1cc(C)c2ccccc21. The first-order chi connectivity index (χ1) is 9.61. The minimum absolute atomic E-state index is 0.0187. The Morgan fingerprint density at radius 2 is 1.90 bits per heavy atom. The number of benzene rings is 1. The number of nitrogens with one attached hydrogen (secondary N) is 2. The summed E-state index contributed by atoms with van der Waals surface area (Å²) in [6.45, 7) is 4.66. The molecule has 1 aromatic heterocycles. The highest BCUT2D eigenvalue weighted by Gasteiger charge is 2.09. The highest BCUT2D eigenvalue weighted by Crippen LogP contribution is 2.19. The maximum atomic E-state index is 11.9. The summed E-state index contributed by atoms with van der Waals surface area (Å²) in [6, 6.07) is 7.95. The Morgan fingerprint density at radius 3 is 2.65 bits per heavy atom. The molecule has 5 heteroatoms. The fourth-order valence-electron chi connectivity index (χ4n) is 2.21. The lowest BCUT2D eigenvalue weighted by molar-refractivity contribution is -0.126. The third kappa shape index (κ3) is 3.17. The van der Waals surface area contributed by atoms with E-state index in [-0.39, 0.29) is 24.9 Å². The standard InChI is InChI=1S/C15H19N3O2/c1-3-16-14(19)8-17-15(20)10-18-9-11(2)12-6-4-5-7-13(12)18/h4-7,9H,3,8,10H2,1-2H3,(H,16,19)(H,17,20). The fraction of sp³-hybridized carbons (Fsp3) is 0.333. The van der Waals surface area contributed by atoms with Gasteiger partial charge in [0, 0.05) is 23.6 Å². The smallest absolute Gasteiger partial charge is 0.240 e. The molecular formula is C15H19N3O2. The van der Waals surface area contributed by atoms with Crippen LogP contribution in [0.15, 0.2) is 30.5 Å². The van der Waals surface area contributed by atoms with E-state index in [1.165, 1.54) is 0 Å². The van der Waals surface area contributed by atoms with Crippen molar-refractivity contribution in [3.8, 4) is 0 Å². The summed E-state index contributed by atoms with van der Waals surface area (Å²) in [5.41, 5.74) is 2.16. The zero-order chi connectivity index (χ0) is 14.5. The van der Waals surface area contributed by atoms with Crippen LogP contribution in [0.2, 0.25) is 0 Å². The number of rotatable bonds is 5. The van der Waals surface area contributed by atoms with Crippen LogP contribution in [0, 0.1) is 6.92 Å². The molecule has 1 aromatic carbocycles. The van der Waals surface area contributed by atoms with Gasteiger partial charge in [0.2, 0.25) is 11.8 Å². The van der Waals surface area contributed by atoms with Crippen molar-refractivity contribution in [2.24, 2.45) is 0 Å². The number of amides is 2.